The summed E-state index contributed by atoms with van der Waals surface area (Å²) >= 11 is 1.72. The van der Waals surface area contributed by atoms with E-state index < -0.39 is 0 Å². The second-order valence-corrected chi connectivity index (χ2v) is 9.26. The minimum absolute atomic E-state index is 0.164. The summed E-state index contributed by atoms with van der Waals surface area (Å²) in [6.45, 7) is 5.05. The van der Waals surface area contributed by atoms with E-state index in [2.05, 4.69) is 26.0 Å². The molecule has 1 saturated heterocycles. The van der Waals surface area contributed by atoms with Crippen molar-refractivity contribution in [2.24, 2.45) is 5.92 Å². The molecule has 2 aliphatic heterocycles. The van der Waals surface area contributed by atoms with Crippen LogP contribution in [-0.2, 0) is 26.2 Å². The predicted octanol–water partition coefficient (Wildman–Crippen LogP) is 2.54. The number of rotatable bonds is 6. The maximum Gasteiger partial charge on any atom is 0.255 e. The first-order valence-electron chi connectivity index (χ1n) is 10.1. The van der Waals surface area contributed by atoms with Crippen LogP contribution in [0.15, 0.2) is 45.4 Å². The minimum Gasteiger partial charge on any atom is -0.364 e. The zero-order valence-electron chi connectivity index (χ0n) is 16.5. The molecule has 152 valence electrons. The lowest BCUT2D eigenvalue weighted by Crippen LogP contribution is -2.47. The van der Waals surface area contributed by atoms with E-state index in [1.807, 2.05) is 35.3 Å². The first-order valence-corrected chi connectivity index (χ1v) is 10.9. The quantitative estimate of drug-likeness (QED) is 0.621. The average molecular weight is 412 g/mol. The largest absolute Gasteiger partial charge is 0.364 e. The molecule has 1 fully saturated rings. The van der Waals surface area contributed by atoms with Crippen LogP contribution >= 0.6 is 11.3 Å². The lowest BCUT2D eigenvalue weighted by atomic mass is 9.83. The fourth-order valence-electron chi connectivity index (χ4n) is 4.80. The number of hydrogen-bond donors (Lipinski definition) is 0. The summed E-state index contributed by atoms with van der Waals surface area (Å²) in [4.78, 5) is 22.2. The maximum atomic E-state index is 13.2. The Morgan fingerprint density at radius 2 is 2.17 bits per heavy atom. The monoisotopic (exact) mass is 411 g/mol. The van der Waals surface area contributed by atoms with Crippen LogP contribution in [0.25, 0.3) is 0 Å². The van der Waals surface area contributed by atoms with Gasteiger partial charge in [0, 0.05) is 67.5 Å². The molecule has 7 nitrogen and oxygen atoms in total. The van der Waals surface area contributed by atoms with Gasteiger partial charge >= 0.3 is 0 Å². The van der Waals surface area contributed by atoms with E-state index in [0.717, 1.165) is 37.4 Å². The molecule has 0 N–H and O–H groups in total. The molecule has 0 saturated carbocycles. The van der Waals surface area contributed by atoms with E-state index in [4.69, 9.17) is 4.52 Å². The number of pyridine rings is 1. The lowest BCUT2D eigenvalue weighted by Gasteiger charge is -2.42. The van der Waals surface area contributed by atoms with Crippen molar-refractivity contribution in [1.82, 2.24) is 24.5 Å². The van der Waals surface area contributed by atoms with Crippen molar-refractivity contribution in [2.45, 2.75) is 38.5 Å². The Bertz CT molecular complexity index is 1010. The van der Waals surface area contributed by atoms with E-state index in [1.165, 1.54) is 17.1 Å². The number of nitrogens with zero attached hydrogens (tertiary/aromatic N) is 5. The number of hydrogen-bond acceptors (Lipinski definition) is 7. The Morgan fingerprint density at radius 1 is 1.24 bits per heavy atom. The van der Waals surface area contributed by atoms with Crippen molar-refractivity contribution < 1.29 is 4.52 Å². The maximum absolute atomic E-state index is 13.2. The van der Waals surface area contributed by atoms with Crippen molar-refractivity contribution in [3.63, 3.8) is 0 Å². The Morgan fingerprint density at radius 3 is 2.97 bits per heavy atom. The van der Waals surface area contributed by atoms with Gasteiger partial charge in [0.2, 0.25) is 0 Å². The molecule has 2 atom stereocenters. The molecule has 5 rings (SSSR count). The zero-order valence-corrected chi connectivity index (χ0v) is 17.3. The molecule has 2 aliphatic rings. The van der Waals surface area contributed by atoms with E-state index >= 15 is 0 Å². The van der Waals surface area contributed by atoms with Gasteiger partial charge in [-0.05, 0) is 25.5 Å². The summed E-state index contributed by atoms with van der Waals surface area (Å²) in [5.41, 5.74) is 3.08. The molecule has 2 bridgehead atoms. The van der Waals surface area contributed by atoms with Gasteiger partial charge in [-0.25, -0.2) is 4.98 Å². The van der Waals surface area contributed by atoms with Gasteiger partial charge < -0.3 is 9.09 Å². The molecule has 0 radical (unpaired) electrons. The standard InChI is InChI=1S/C21H25N5O2S/c1-24(13-18-4-6-28-23-18)11-16-2-3-19-17-8-15(10-26(19)21(16)27)9-25(12-17)14-20-22-5-7-29-20/h2-7,15,17H,8-14H2,1H3/t15-,17+/m0/s1. The molecule has 0 spiro atoms. The molecule has 3 aromatic heterocycles. The fraction of sp³-hybridized carbons (Fsp3) is 0.476. The highest BCUT2D eigenvalue weighted by atomic mass is 32.1. The molecular weight excluding hydrogens is 386 g/mol. The van der Waals surface area contributed by atoms with Crippen LogP contribution in [0.4, 0.5) is 0 Å². The van der Waals surface area contributed by atoms with Gasteiger partial charge in [0.25, 0.3) is 5.56 Å². The van der Waals surface area contributed by atoms with Crippen LogP contribution < -0.4 is 5.56 Å². The highest BCUT2D eigenvalue weighted by molar-refractivity contribution is 7.09. The summed E-state index contributed by atoms with van der Waals surface area (Å²) < 4.78 is 6.94. The Labute approximate surface area is 173 Å². The van der Waals surface area contributed by atoms with Crippen molar-refractivity contribution in [3.8, 4) is 0 Å². The first-order chi connectivity index (χ1) is 14.2. The van der Waals surface area contributed by atoms with Crippen molar-refractivity contribution in [1.29, 1.82) is 0 Å². The number of piperidine rings is 1. The van der Waals surface area contributed by atoms with E-state index in [1.54, 1.807) is 17.6 Å². The minimum atomic E-state index is 0.164. The van der Waals surface area contributed by atoms with Gasteiger partial charge in [-0.2, -0.15) is 0 Å². The molecule has 0 amide bonds. The topological polar surface area (TPSA) is 67.4 Å². The predicted molar refractivity (Wildman–Crippen MR) is 111 cm³/mol. The van der Waals surface area contributed by atoms with Crippen LogP contribution in [0.5, 0.6) is 0 Å². The highest BCUT2D eigenvalue weighted by Gasteiger charge is 2.35. The van der Waals surface area contributed by atoms with Gasteiger partial charge in [-0.15, -0.1) is 11.3 Å². The number of likely N-dealkylation sites (tertiary alicyclic amines) is 1. The number of thiazole rings is 1. The molecule has 8 heteroatoms. The molecule has 0 aliphatic carbocycles. The molecule has 0 unspecified atom stereocenters. The third kappa shape index (κ3) is 3.92. The molecule has 3 aromatic rings. The summed E-state index contributed by atoms with van der Waals surface area (Å²) in [7, 11) is 2.00. The van der Waals surface area contributed by atoms with E-state index in [0.29, 0.717) is 24.9 Å². The third-order valence-electron chi connectivity index (χ3n) is 5.96. The van der Waals surface area contributed by atoms with Gasteiger partial charge in [0.15, 0.2) is 0 Å². The molecule has 29 heavy (non-hydrogen) atoms. The number of aromatic nitrogens is 3. The Hall–Kier alpha value is -2.29. The molecule has 5 heterocycles. The Kier molecular flexibility index (Phi) is 5.07. The van der Waals surface area contributed by atoms with Gasteiger partial charge in [-0.1, -0.05) is 11.2 Å². The normalized spacial score (nSPS) is 21.4. The van der Waals surface area contributed by atoms with Crippen LogP contribution in [-0.4, -0.2) is 44.6 Å². The van der Waals surface area contributed by atoms with Crippen molar-refractivity contribution in [3.05, 3.63) is 68.4 Å². The zero-order chi connectivity index (χ0) is 19.8. The van der Waals surface area contributed by atoms with Crippen LogP contribution in [0.2, 0.25) is 0 Å². The SMILES string of the molecule is CN(Cc1ccon1)Cc1ccc2n(c1=O)C[C@H]1C[C@@H]2CN(Cc2nccs2)C1. The van der Waals surface area contributed by atoms with Crippen LogP contribution in [0, 0.1) is 5.92 Å². The first kappa shape index (κ1) is 18.7. The van der Waals surface area contributed by atoms with Crippen LogP contribution in [0.1, 0.15) is 34.3 Å². The average Bonchev–Trinajstić information content (AvgIpc) is 3.39. The number of fused-ring (bicyclic) bond motifs is 4. The van der Waals surface area contributed by atoms with E-state index in [9.17, 15) is 4.79 Å². The van der Waals surface area contributed by atoms with Crippen molar-refractivity contribution >= 4 is 11.3 Å². The second kappa shape index (κ2) is 7.85. The smallest absolute Gasteiger partial charge is 0.255 e. The van der Waals surface area contributed by atoms with Gasteiger partial charge in [0.1, 0.15) is 11.3 Å². The van der Waals surface area contributed by atoms with Crippen LogP contribution in [0.3, 0.4) is 0 Å². The van der Waals surface area contributed by atoms with Gasteiger partial charge in [-0.3, -0.25) is 14.6 Å². The fourth-order valence-corrected chi connectivity index (χ4v) is 5.46. The molecular formula is C21H25N5O2S. The molecule has 0 aromatic carbocycles. The second-order valence-electron chi connectivity index (χ2n) is 8.28. The van der Waals surface area contributed by atoms with Crippen molar-refractivity contribution in [2.75, 3.05) is 20.1 Å². The Balaban J connectivity index is 1.32. The van der Waals surface area contributed by atoms with Gasteiger partial charge in [0.05, 0.1) is 12.2 Å². The summed E-state index contributed by atoms with van der Waals surface area (Å²) in [6.07, 6.45) is 4.63. The summed E-state index contributed by atoms with van der Waals surface area (Å²) in [5.74, 6) is 0.957. The third-order valence-corrected chi connectivity index (χ3v) is 6.73. The lowest BCUT2D eigenvalue weighted by molar-refractivity contribution is 0.114. The highest BCUT2D eigenvalue weighted by Crippen LogP contribution is 2.35. The summed E-state index contributed by atoms with van der Waals surface area (Å²) in [6, 6.07) is 6.05. The van der Waals surface area contributed by atoms with E-state index in [-0.39, 0.29) is 5.56 Å². The summed E-state index contributed by atoms with van der Waals surface area (Å²) in [5, 5.41) is 7.17.